The van der Waals surface area contributed by atoms with Crippen molar-refractivity contribution in [3.8, 4) is 0 Å². The van der Waals surface area contributed by atoms with Crippen molar-refractivity contribution in [2.24, 2.45) is 5.92 Å². The number of para-hydroxylation sites is 1. The van der Waals surface area contributed by atoms with Crippen molar-refractivity contribution in [1.82, 2.24) is 5.32 Å². The van der Waals surface area contributed by atoms with Gasteiger partial charge in [0.1, 0.15) is 5.82 Å². The van der Waals surface area contributed by atoms with E-state index in [-0.39, 0.29) is 5.82 Å². The zero-order chi connectivity index (χ0) is 18.2. The van der Waals surface area contributed by atoms with Gasteiger partial charge in [0.05, 0.1) is 0 Å². The summed E-state index contributed by atoms with van der Waals surface area (Å²) in [6.07, 6.45) is 8.28. The number of halogens is 1. The standard InChI is InChI=1S/C23H31FN2/c1-18(15-19-9-3-2-4-10-19)25-17-21-12-6-8-14-23(21)26-16-20-11-5-7-13-22(20)24/h5-8,11-14,18-19,25-26H,2-4,9-10,15-17H2,1H3. The molecule has 0 heterocycles. The van der Waals surface area contributed by atoms with Crippen LogP contribution >= 0.6 is 0 Å². The lowest BCUT2D eigenvalue weighted by Gasteiger charge is -2.25. The lowest BCUT2D eigenvalue weighted by atomic mass is 9.85. The Morgan fingerprint density at radius 1 is 0.923 bits per heavy atom. The van der Waals surface area contributed by atoms with Crippen molar-refractivity contribution < 1.29 is 4.39 Å². The van der Waals surface area contributed by atoms with Crippen LogP contribution in [0.3, 0.4) is 0 Å². The van der Waals surface area contributed by atoms with Crippen LogP contribution in [-0.4, -0.2) is 6.04 Å². The van der Waals surface area contributed by atoms with Crippen LogP contribution in [0.25, 0.3) is 0 Å². The number of rotatable bonds is 8. The second kappa shape index (κ2) is 9.72. The van der Waals surface area contributed by atoms with Crippen molar-refractivity contribution in [3.05, 3.63) is 65.5 Å². The van der Waals surface area contributed by atoms with Gasteiger partial charge in [-0.05, 0) is 37.0 Å². The smallest absolute Gasteiger partial charge is 0.128 e. The fraction of sp³-hybridized carbons (Fsp3) is 0.478. The van der Waals surface area contributed by atoms with Crippen molar-refractivity contribution in [3.63, 3.8) is 0 Å². The third-order valence-electron chi connectivity index (χ3n) is 5.50. The van der Waals surface area contributed by atoms with Crippen molar-refractivity contribution >= 4 is 5.69 Å². The van der Waals surface area contributed by atoms with Crippen LogP contribution in [0, 0.1) is 11.7 Å². The number of hydrogen-bond donors (Lipinski definition) is 2. The maximum absolute atomic E-state index is 13.8. The highest BCUT2D eigenvalue weighted by Gasteiger charge is 2.16. The minimum atomic E-state index is -0.156. The van der Waals surface area contributed by atoms with Gasteiger partial charge in [-0.25, -0.2) is 4.39 Å². The Kier molecular flexibility index (Phi) is 7.07. The van der Waals surface area contributed by atoms with Gasteiger partial charge in [0.15, 0.2) is 0 Å². The fourth-order valence-corrected chi connectivity index (χ4v) is 3.97. The molecule has 2 aromatic rings. The molecule has 0 aromatic heterocycles. The molecule has 1 unspecified atom stereocenters. The van der Waals surface area contributed by atoms with Gasteiger partial charge in [-0.1, -0.05) is 68.5 Å². The third-order valence-corrected chi connectivity index (χ3v) is 5.50. The van der Waals surface area contributed by atoms with Gasteiger partial charge in [0, 0.05) is 30.4 Å². The zero-order valence-corrected chi connectivity index (χ0v) is 15.8. The molecule has 0 bridgehead atoms. The maximum Gasteiger partial charge on any atom is 0.128 e. The molecule has 140 valence electrons. The molecule has 3 rings (SSSR count). The summed E-state index contributed by atoms with van der Waals surface area (Å²) in [5.74, 6) is 0.734. The topological polar surface area (TPSA) is 24.1 Å². The van der Waals surface area contributed by atoms with Crippen molar-refractivity contribution in [1.29, 1.82) is 0 Å². The lowest BCUT2D eigenvalue weighted by Crippen LogP contribution is -2.28. The first-order valence-electron chi connectivity index (χ1n) is 10.0. The lowest BCUT2D eigenvalue weighted by molar-refractivity contribution is 0.305. The summed E-state index contributed by atoms with van der Waals surface area (Å²) in [4.78, 5) is 0. The third kappa shape index (κ3) is 5.57. The Balaban J connectivity index is 1.52. The molecule has 3 heteroatoms. The van der Waals surface area contributed by atoms with E-state index in [2.05, 4.69) is 35.8 Å². The summed E-state index contributed by atoms with van der Waals surface area (Å²) in [6.45, 7) is 3.64. The minimum Gasteiger partial charge on any atom is -0.381 e. The monoisotopic (exact) mass is 354 g/mol. The zero-order valence-electron chi connectivity index (χ0n) is 15.8. The van der Waals surface area contributed by atoms with Crippen LogP contribution in [0.2, 0.25) is 0 Å². The van der Waals surface area contributed by atoms with E-state index in [1.807, 2.05) is 18.2 Å². The normalized spacial score (nSPS) is 16.4. The van der Waals surface area contributed by atoms with E-state index in [0.29, 0.717) is 18.2 Å². The summed E-state index contributed by atoms with van der Waals surface area (Å²) in [5.41, 5.74) is 3.01. The molecule has 2 N–H and O–H groups in total. The van der Waals surface area contributed by atoms with E-state index in [9.17, 15) is 4.39 Å². The highest BCUT2D eigenvalue weighted by molar-refractivity contribution is 5.51. The van der Waals surface area contributed by atoms with Crippen LogP contribution in [-0.2, 0) is 13.1 Å². The molecule has 0 aliphatic heterocycles. The molecular formula is C23H31FN2. The Hall–Kier alpha value is -1.87. The molecule has 0 saturated heterocycles. The largest absolute Gasteiger partial charge is 0.381 e. The summed E-state index contributed by atoms with van der Waals surface area (Å²) >= 11 is 0. The second-order valence-corrected chi connectivity index (χ2v) is 7.62. The maximum atomic E-state index is 13.8. The molecule has 1 fully saturated rings. The highest BCUT2D eigenvalue weighted by atomic mass is 19.1. The number of hydrogen-bond acceptors (Lipinski definition) is 2. The van der Waals surface area contributed by atoms with Gasteiger partial charge in [-0.15, -0.1) is 0 Å². The van der Waals surface area contributed by atoms with Gasteiger partial charge < -0.3 is 10.6 Å². The Labute approximate surface area is 157 Å². The SMILES string of the molecule is CC(CC1CCCCC1)NCc1ccccc1NCc1ccccc1F. The summed E-state index contributed by atoms with van der Waals surface area (Å²) in [6, 6.07) is 15.8. The average Bonchev–Trinajstić information content (AvgIpc) is 2.67. The van der Waals surface area contributed by atoms with Crippen molar-refractivity contribution in [2.45, 2.75) is 64.6 Å². The Bertz CT molecular complexity index is 679. The minimum absolute atomic E-state index is 0.156. The second-order valence-electron chi connectivity index (χ2n) is 7.62. The summed E-state index contributed by atoms with van der Waals surface area (Å²) in [7, 11) is 0. The van der Waals surface area contributed by atoms with Crippen LogP contribution in [0.15, 0.2) is 48.5 Å². The molecular weight excluding hydrogens is 323 g/mol. The fourth-order valence-electron chi connectivity index (χ4n) is 3.97. The van der Waals surface area contributed by atoms with Crippen molar-refractivity contribution in [2.75, 3.05) is 5.32 Å². The van der Waals surface area contributed by atoms with Crippen LogP contribution < -0.4 is 10.6 Å². The molecule has 26 heavy (non-hydrogen) atoms. The molecule has 0 radical (unpaired) electrons. The van der Waals surface area contributed by atoms with E-state index < -0.39 is 0 Å². The Morgan fingerprint density at radius 2 is 1.62 bits per heavy atom. The molecule has 1 aliphatic rings. The van der Waals surface area contributed by atoms with E-state index in [1.165, 1.54) is 50.2 Å². The molecule has 2 aromatic carbocycles. The van der Waals surface area contributed by atoms with Gasteiger partial charge in [-0.2, -0.15) is 0 Å². The molecule has 0 spiro atoms. The molecule has 2 nitrogen and oxygen atoms in total. The average molecular weight is 355 g/mol. The molecule has 1 atom stereocenters. The summed E-state index contributed by atoms with van der Waals surface area (Å²) < 4.78 is 13.8. The molecule has 1 aliphatic carbocycles. The number of anilines is 1. The number of nitrogens with one attached hydrogen (secondary N) is 2. The first-order valence-corrected chi connectivity index (χ1v) is 10.0. The Morgan fingerprint density at radius 3 is 2.38 bits per heavy atom. The van der Waals surface area contributed by atoms with E-state index in [0.717, 1.165) is 18.2 Å². The van der Waals surface area contributed by atoms with Gasteiger partial charge in [0.2, 0.25) is 0 Å². The first-order chi connectivity index (χ1) is 12.7. The predicted molar refractivity (Wildman–Crippen MR) is 108 cm³/mol. The number of benzene rings is 2. The first kappa shape index (κ1) is 18.9. The van der Waals surface area contributed by atoms with Gasteiger partial charge in [-0.3, -0.25) is 0 Å². The molecule has 1 saturated carbocycles. The quantitative estimate of drug-likeness (QED) is 0.618. The van der Waals surface area contributed by atoms with E-state index in [1.54, 1.807) is 6.07 Å². The van der Waals surface area contributed by atoms with Crippen LogP contribution in [0.4, 0.5) is 10.1 Å². The molecule has 0 amide bonds. The van der Waals surface area contributed by atoms with E-state index in [4.69, 9.17) is 0 Å². The van der Waals surface area contributed by atoms with Gasteiger partial charge in [0.25, 0.3) is 0 Å². The highest BCUT2D eigenvalue weighted by Crippen LogP contribution is 2.27. The predicted octanol–water partition coefficient (Wildman–Crippen LogP) is 5.89. The van der Waals surface area contributed by atoms with E-state index >= 15 is 0 Å². The van der Waals surface area contributed by atoms with Crippen LogP contribution in [0.1, 0.15) is 56.6 Å². The van der Waals surface area contributed by atoms with Gasteiger partial charge >= 0.3 is 0 Å². The van der Waals surface area contributed by atoms with Crippen LogP contribution in [0.5, 0.6) is 0 Å². The summed E-state index contributed by atoms with van der Waals surface area (Å²) in [5, 5.41) is 7.08.